The first-order valence-corrected chi connectivity index (χ1v) is 8.06. The average Bonchev–Trinajstić information content (AvgIpc) is 2.77. The molecule has 0 aliphatic carbocycles. The van der Waals surface area contributed by atoms with Crippen molar-refractivity contribution in [3.63, 3.8) is 0 Å². The maximum Gasteiger partial charge on any atom is 0.241 e. The van der Waals surface area contributed by atoms with Crippen LogP contribution < -0.4 is 10.5 Å². The summed E-state index contributed by atoms with van der Waals surface area (Å²) in [5, 5.41) is 0.862. The summed E-state index contributed by atoms with van der Waals surface area (Å²) in [7, 11) is -3.74. The maximum atomic E-state index is 13.3. The smallest absolute Gasteiger partial charge is 0.241 e. The minimum Gasteiger partial charge on any atom is -0.396 e. The quantitative estimate of drug-likeness (QED) is 0.845. The van der Waals surface area contributed by atoms with Gasteiger partial charge in [0.1, 0.15) is 5.82 Å². The number of nitrogens with two attached hydrogens (primary N) is 1. The number of nitrogens with zero attached hydrogens (tertiary/aromatic N) is 1. The van der Waals surface area contributed by atoms with E-state index in [0.717, 1.165) is 22.0 Å². The molecule has 0 aliphatic rings. The molecule has 5 nitrogen and oxygen atoms in total. The van der Waals surface area contributed by atoms with E-state index in [1.807, 2.05) is 6.92 Å². The number of benzene rings is 1. The number of thiazole rings is 1. The lowest BCUT2D eigenvalue weighted by Crippen LogP contribution is -2.24. The van der Waals surface area contributed by atoms with Crippen LogP contribution in [0.5, 0.6) is 0 Å². The van der Waals surface area contributed by atoms with E-state index in [2.05, 4.69) is 9.71 Å². The fourth-order valence-electron chi connectivity index (χ4n) is 1.69. The highest BCUT2D eigenvalue weighted by Gasteiger charge is 2.19. The lowest BCUT2D eigenvalue weighted by molar-refractivity contribution is 0.580. The van der Waals surface area contributed by atoms with E-state index in [0.29, 0.717) is 5.56 Å². The first-order chi connectivity index (χ1) is 9.29. The van der Waals surface area contributed by atoms with Crippen molar-refractivity contribution in [3.8, 4) is 0 Å². The van der Waals surface area contributed by atoms with Crippen molar-refractivity contribution in [2.75, 3.05) is 5.73 Å². The largest absolute Gasteiger partial charge is 0.396 e. The molecule has 1 aromatic carbocycles. The second kappa shape index (κ2) is 5.47. The molecule has 8 heteroatoms. The molecule has 0 saturated carbocycles. The first kappa shape index (κ1) is 14.9. The Morgan fingerprint density at radius 2 is 2.10 bits per heavy atom. The van der Waals surface area contributed by atoms with E-state index < -0.39 is 15.8 Å². The number of nitrogen functional groups attached to an aromatic ring is 1. The zero-order chi connectivity index (χ0) is 14.9. The molecule has 0 unspecified atom stereocenters. The molecule has 2 aromatic rings. The van der Waals surface area contributed by atoms with E-state index in [9.17, 15) is 12.8 Å². The number of aromatic nitrogens is 1. The van der Waals surface area contributed by atoms with E-state index in [4.69, 9.17) is 5.73 Å². The summed E-state index contributed by atoms with van der Waals surface area (Å²) in [6, 6.07) is 2.24. The highest BCUT2D eigenvalue weighted by Crippen LogP contribution is 2.22. The van der Waals surface area contributed by atoms with Gasteiger partial charge in [-0.05, 0) is 31.5 Å². The third kappa shape index (κ3) is 3.14. The maximum absolute atomic E-state index is 13.3. The van der Waals surface area contributed by atoms with E-state index in [-0.39, 0.29) is 17.1 Å². The molecule has 0 amide bonds. The molecule has 0 fully saturated rings. The number of anilines is 1. The highest BCUT2D eigenvalue weighted by atomic mass is 32.2. The summed E-state index contributed by atoms with van der Waals surface area (Å²) >= 11 is 1.41. The molecule has 3 N–H and O–H groups in total. The molecular weight excluding hydrogens is 301 g/mol. The second-order valence-electron chi connectivity index (χ2n) is 4.31. The fourth-order valence-corrected chi connectivity index (χ4v) is 3.78. The Morgan fingerprint density at radius 3 is 2.70 bits per heavy atom. The van der Waals surface area contributed by atoms with Crippen LogP contribution in [-0.2, 0) is 16.6 Å². The van der Waals surface area contributed by atoms with Gasteiger partial charge in [0.25, 0.3) is 0 Å². The molecule has 1 aromatic heterocycles. The average molecular weight is 315 g/mol. The van der Waals surface area contributed by atoms with Crippen LogP contribution in [0.1, 0.15) is 15.4 Å². The van der Waals surface area contributed by atoms with Crippen molar-refractivity contribution in [3.05, 3.63) is 39.6 Å². The number of nitrogens with one attached hydrogen (secondary N) is 1. The lowest BCUT2D eigenvalue weighted by Gasteiger charge is -2.10. The SMILES string of the molecule is Cc1ncc(CNS(=O)(=O)c2cc(N)c(F)cc2C)s1. The molecule has 108 valence electrons. The highest BCUT2D eigenvalue weighted by molar-refractivity contribution is 7.89. The number of hydrogen-bond donors (Lipinski definition) is 2. The number of sulfonamides is 1. The summed E-state index contributed by atoms with van der Waals surface area (Å²) in [6.45, 7) is 3.51. The van der Waals surface area contributed by atoms with E-state index in [1.54, 1.807) is 6.20 Å². The normalized spacial score (nSPS) is 11.8. The Balaban J connectivity index is 2.24. The zero-order valence-corrected chi connectivity index (χ0v) is 12.6. The van der Waals surface area contributed by atoms with Gasteiger partial charge in [0.15, 0.2) is 0 Å². The number of hydrogen-bond acceptors (Lipinski definition) is 5. The van der Waals surface area contributed by atoms with Crippen LogP contribution in [0.4, 0.5) is 10.1 Å². The van der Waals surface area contributed by atoms with Gasteiger partial charge in [-0.25, -0.2) is 22.5 Å². The van der Waals surface area contributed by atoms with Crippen molar-refractivity contribution in [1.82, 2.24) is 9.71 Å². The van der Waals surface area contributed by atoms with Crippen LogP contribution in [0.2, 0.25) is 0 Å². The standard InChI is InChI=1S/C12H14FN3O2S2/c1-7-3-10(13)11(14)4-12(7)20(17,18)16-6-9-5-15-8(2)19-9/h3-5,16H,6,14H2,1-2H3. The van der Waals surface area contributed by atoms with Crippen LogP contribution in [0, 0.1) is 19.7 Å². The van der Waals surface area contributed by atoms with Gasteiger partial charge in [-0.1, -0.05) is 0 Å². The molecular formula is C12H14FN3O2S2. The van der Waals surface area contributed by atoms with Gasteiger partial charge in [0.05, 0.1) is 15.6 Å². The molecule has 2 rings (SSSR count). The lowest BCUT2D eigenvalue weighted by atomic mass is 10.2. The first-order valence-electron chi connectivity index (χ1n) is 5.76. The van der Waals surface area contributed by atoms with Gasteiger partial charge in [0.2, 0.25) is 10.0 Å². The molecule has 0 saturated heterocycles. The Hall–Kier alpha value is -1.51. The van der Waals surface area contributed by atoms with Crippen LogP contribution in [0.25, 0.3) is 0 Å². The Labute approximate surface area is 120 Å². The minimum absolute atomic E-state index is 0.0161. The Morgan fingerprint density at radius 1 is 1.40 bits per heavy atom. The molecule has 0 radical (unpaired) electrons. The molecule has 0 atom stereocenters. The monoisotopic (exact) mass is 315 g/mol. The fraction of sp³-hybridized carbons (Fsp3) is 0.250. The minimum atomic E-state index is -3.74. The van der Waals surface area contributed by atoms with E-state index in [1.165, 1.54) is 18.3 Å². The van der Waals surface area contributed by atoms with Crippen LogP contribution in [0.15, 0.2) is 23.2 Å². The van der Waals surface area contributed by atoms with Crippen molar-refractivity contribution in [2.45, 2.75) is 25.3 Å². The van der Waals surface area contributed by atoms with Crippen molar-refractivity contribution in [2.24, 2.45) is 0 Å². The second-order valence-corrected chi connectivity index (χ2v) is 7.36. The molecule has 0 spiro atoms. The van der Waals surface area contributed by atoms with Crippen LogP contribution in [0.3, 0.4) is 0 Å². The van der Waals surface area contributed by atoms with Crippen molar-refractivity contribution >= 4 is 27.0 Å². The Bertz CT molecular complexity index is 741. The van der Waals surface area contributed by atoms with Gasteiger partial charge in [-0.2, -0.15) is 0 Å². The predicted molar refractivity (Wildman–Crippen MR) is 76.4 cm³/mol. The zero-order valence-electron chi connectivity index (χ0n) is 11.0. The van der Waals surface area contributed by atoms with Crippen LogP contribution in [-0.4, -0.2) is 13.4 Å². The summed E-state index contributed by atoms with van der Waals surface area (Å²) in [5.41, 5.74) is 5.54. The summed E-state index contributed by atoms with van der Waals surface area (Å²) in [5.74, 6) is -0.625. The number of rotatable bonds is 4. The topological polar surface area (TPSA) is 85.1 Å². The van der Waals surface area contributed by atoms with Gasteiger partial charge in [0, 0.05) is 17.6 Å². The number of aryl methyl sites for hydroxylation is 2. The number of halogens is 1. The molecule has 20 heavy (non-hydrogen) atoms. The predicted octanol–water partition coefficient (Wildman–Crippen LogP) is 1.96. The van der Waals surface area contributed by atoms with Crippen molar-refractivity contribution in [1.29, 1.82) is 0 Å². The summed E-state index contributed by atoms with van der Waals surface area (Å²) in [6.07, 6.45) is 1.62. The summed E-state index contributed by atoms with van der Waals surface area (Å²) in [4.78, 5) is 4.84. The third-order valence-electron chi connectivity index (χ3n) is 2.69. The molecule has 1 heterocycles. The summed E-state index contributed by atoms with van der Waals surface area (Å²) < 4.78 is 40.1. The Kier molecular flexibility index (Phi) is 4.07. The van der Waals surface area contributed by atoms with Gasteiger partial charge in [-0.15, -0.1) is 11.3 Å². The van der Waals surface area contributed by atoms with Crippen molar-refractivity contribution < 1.29 is 12.8 Å². The third-order valence-corrected chi connectivity index (χ3v) is 5.15. The molecule has 0 aliphatic heterocycles. The van der Waals surface area contributed by atoms with Gasteiger partial charge in [-0.3, -0.25) is 0 Å². The van der Waals surface area contributed by atoms with Gasteiger partial charge >= 0.3 is 0 Å². The molecule has 0 bridgehead atoms. The van der Waals surface area contributed by atoms with Crippen LogP contribution >= 0.6 is 11.3 Å². The van der Waals surface area contributed by atoms with E-state index >= 15 is 0 Å². The van der Waals surface area contributed by atoms with Gasteiger partial charge < -0.3 is 5.73 Å².